The monoisotopic (exact) mass is 318 g/mol. The topological polar surface area (TPSA) is 45.1 Å². The summed E-state index contributed by atoms with van der Waals surface area (Å²) in [5.74, 6) is -0.242. The number of hydrogen-bond acceptors (Lipinski definition) is 4. The lowest BCUT2D eigenvalue weighted by atomic mass is 9.85. The Kier molecular flexibility index (Phi) is 4.50. The molecule has 1 saturated heterocycles. The SMILES string of the molecule is CCC(=NOC)C1=C(c2ccc(F)cc2)CC2CC(O)[C@@H]1N2C. The highest BCUT2D eigenvalue weighted by Gasteiger charge is 2.46. The second-order valence-corrected chi connectivity index (χ2v) is 6.24. The number of fused-ring (bicyclic) bond motifs is 2. The van der Waals surface area contributed by atoms with Crippen molar-refractivity contribution in [3.8, 4) is 0 Å². The van der Waals surface area contributed by atoms with Crippen molar-refractivity contribution in [2.45, 2.75) is 44.4 Å². The van der Waals surface area contributed by atoms with Crippen molar-refractivity contribution in [3.63, 3.8) is 0 Å². The van der Waals surface area contributed by atoms with Crippen molar-refractivity contribution in [2.24, 2.45) is 5.16 Å². The number of halogens is 1. The first-order valence-electron chi connectivity index (χ1n) is 8.06. The Morgan fingerprint density at radius 3 is 2.70 bits per heavy atom. The highest BCUT2D eigenvalue weighted by Crippen LogP contribution is 2.43. The molecule has 3 atom stereocenters. The Bertz CT molecular complexity index is 639. The fourth-order valence-electron chi connectivity index (χ4n) is 3.90. The number of benzene rings is 1. The van der Waals surface area contributed by atoms with Crippen LogP contribution in [-0.2, 0) is 4.84 Å². The van der Waals surface area contributed by atoms with Gasteiger partial charge in [0.05, 0.1) is 17.9 Å². The predicted octanol–water partition coefficient (Wildman–Crippen LogP) is 2.83. The van der Waals surface area contributed by atoms with Gasteiger partial charge in [-0.1, -0.05) is 24.2 Å². The van der Waals surface area contributed by atoms with Gasteiger partial charge in [0, 0.05) is 11.6 Å². The molecule has 5 heteroatoms. The average molecular weight is 318 g/mol. The highest BCUT2D eigenvalue weighted by atomic mass is 19.1. The largest absolute Gasteiger partial charge is 0.399 e. The van der Waals surface area contributed by atoms with Crippen molar-refractivity contribution >= 4 is 11.3 Å². The summed E-state index contributed by atoms with van der Waals surface area (Å²) in [6.45, 7) is 2.03. The van der Waals surface area contributed by atoms with Crippen molar-refractivity contribution < 1.29 is 14.3 Å². The fraction of sp³-hybridized carbons (Fsp3) is 0.500. The smallest absolute Gasteiger partial charge is 0.123 e. The zero-order valence-electron chi connectivity index (χ0n) is 13.8. The Morgan fingerprint density at radius 1 is 1.39 bits per heavy atom. The van der Waals surface area contributed by atoms with E-state index in [0.717, 1.165) is 41.7 Å². The van der Waals surface area contributed by atoms with E-state index in [9.17, 15) is 9.50 Å². The van der Waals surface area contributed by atoms with E-state index in [1.165, 1.54) is 19.2 Å². The number of aliphatic hydroxyl groups excluding tert-OH is 1. The van der Waals surface area contributed by atoms with E-state index in [4.69, 9.17) is 4.84 Å². The molecule has 0 spiro atoms. The molecule has 0 saturated carbocycles. The third kappa shape index (κ3) is 2.79. The van der Waals surface area contributed by atoms with Gasteiger partial charge in [-0.15, -0.1) is 0 Å². The quantitative estimate of drug-likeness (QED) is 0.686. The van der Waals surface area contributed by atoms with E-state index in [-0.39, 0.29) is 11.9 Å². The molecule has 2 heterocycles. The van der Waals surface area contributed by atoms with Gasteiger partial charge in [0.25, 0.3) is 0 Å². The summed E-state index contributed by atoms with van der Waals surface area (Å²) in [4.78, 5) is 7.25. The minimum atomic E-state index is -0.411. The molecule has 2 aliphatic rings. The minimum Gasteiger partial charge on any atom is -0.399 e. The van der Waals surface area contributed by atoms with Crippen molar-refractivity contribution in [3.05, 3.63) is 41.2 Å². The van der Waals surface area contributed by atoms with Crippen molar-refractivity contribution in [2.75, 3.05) is 14.2 Å². The van der Waals surface area contributed by atoms with Crippen LogP contribution in [0.25, 0.3) is 5.57 Å². The van der Waals surface area contributed by atoms with E-state index in [1.54, 1.807) is 0 Å². The van der Waals surface area contributed by atoms with Gasteiger partial charge in [-0.25, -0.2) is 4.39 Å². The summed E-state index contributed by atoms with van der Waals surface area (Å²) in [5.41, 5.74) is 4.02. The standard InChI is InChI=1S/C18H23FN2O2/c1-4-15(20-23-3)17-14(11-5-7-12(19)8-6-11)9-13-10-16(22)18(17)21(13)2/h5-8,13,16,18,22H,4,9-10H2,1-3H3/t13?,16?,18-/m0/s1. The maximum atomic E-state index is 13.3. The summed E-state index contributed by atoms with van der Waals surface area (Å²) in [6, 6.07) is 6.80. The van der Waals surface area contributed by atoms with Gasteiger partial charge < -0.3 is 9.94 Å². The van der Waals surface area contributed by atoms with Gasteiger partial charge in [0.15, 0.2) is 0 Å². The molecule has 0 radical (unpaired) electrons. The molecular weight excluding hydrogens is 295 g/mol. The van der Waals surface area contributed by atoms with Crippen LogP contribution in [0.4, 0.5) is 4.39 Å². The zero-order chi connectivity index (χ0) is 16.6. The molecule has 1 N–H and O–H groups in total. The molecule has 0 amide bonds. The van der Waals surface area contributed by atoms with Crippen LogP contribution in [0.15, 0.2) is 35.0 Å². The molecule has 4 nitrogen and oxygen atoms in total. The summed E-state index contributed by atoms with van der Waals surface area (Å²) >= 11 is 0. The van der Waals surface area contributed by atoms with Crippen LogP contribution in [0.2, 0.25) is 0 Å². The summed E-state index contributed by atoms with van der Waals surface area (Å²) in [6.07, 6.45) is 1.88. The summed E-state index contributed by atoms with van der Waals surface area (Å²) in [5, 5.41) is 14.7. The van der Waals surface area contributed by atoms with Crippen LogP contribution in [0.5, 0.6) is 0 Å². The van der Waals surface area contributed by atoms with Crippen molar-refractivity contribution in [1.29, 1.82) is 0 Å². The van der Waals surface area contributed by atoms with Crippen molar-refractivity contribution in [1.82, 2.24) is 4.90 Å². The van der Waals surface area contributed by atoms with E-state index >= 15 is 0 Å². The van der Waals surface area contributed by atoms with E-state index in [2.05, 4.69) is 10.1 Å². The second-order valence-electron chi connectivity index (χ2n) is 6.24. The molecule has 2 aliphatic heterocycles. The molecule has 1 aromatic rings. The van der Waals surface area contributed by atoms with Crippen LogP contribution in [-0.4, -0.2) is 48.1 Å². The minimum absolute atomic E-state index is 0.0809. The molecule has 1 fully saturated rings. The summed E-state index contributed by atoms with van der Waals surface area (Å²) in [7, 11) is 3.58. The lowest BCUT2D eigenvalue weighted by Crippen LogP contribution is -2.43. The number of nitrogens with zero attached hydrogens (tertiary/aromatic N) is 2. The number of rotatable bonds is 4. The van der Waals surface area contributed by atoms with Gasteiger partial charge >= 0.3 is 0 Å². The van der Waals surface area contributed by atoms with E-state index < -0.39 is 6.10 Å². The Morgan fingerprint density at radius 2 is 2.09 bits per heavy atom. The van der Waals surface area contributed by atoms with Gasteiger partial charge in [-0.05, 0) is 49.6 Å². The number of hydrogen-bond donors (Lipinski definition) is 1. The normalized spacial score (nSPS) is 28.4. The Labute approximate surface area is 136 Å². The fourth-order valence-corrected chi connectivity index (χ4v) is 3.90. The van der Waals surface area contributed by atoms with Crippen LogP contribution in [0, 0.1) is 5.82 Å². The second kappa shape index (κ2) is 6.42. The van der Waals surface area contributed by atoms with Gasteiger partial charge in [0.2, 0.25) is 0 Å². The lowest BCUT2D eigenvalue weighted by Gasteiger charge is -2.36. The third-order valence-electron chi connectivity index (χ3n) is 4.99. The van der Waals surface area contributed by atoms with Gasteiger partial charge in [-0.2, -0.15) is 0 Å². The number of likely N-dealkylation sites (N-methyl/N-ethyl adjacent to an activating group) is 1. The first kappa shape index (κ1) is 16.1. The molecule has 2 bridgehead atoms. The maximum absolute atomic E-state index is 13.3. The zero-order valence-corrected chi connectivity index (χ0v) is 13.8. The van der Waals surface area contributed by atoms with Gasteiger partial charge in [0.1, 0.15) is 12.9 Å². The molecule has 2 unspecified atom stereocenters. The molecule has 124 valence electrons. The average Bonchev–Trinajstić information content (AvgIpc) is 2.72. The number of oxime groups is 1. The predicted molar refractivity (Wildman–Crippen MR) is 88.6 cm³/mol. The molecule has 23 heavy (non-hydrogen) atoms. The van der Waals surface area contributed by atoms with Crippen LogP contribution in [0.3, 0.4) is 0 Å². The number of aliphatic hydroxyl groups is 1. The van der Waals surface area contributed by atoms with Crippen LogP contribution in [0.1, 0.15) is 31.7 Å². The molecule has 0 aliphatic carbocycles. The first-order chi connectivity index (χ1) is 11.1. The lowest BCUT2D eigenvalue weighted by molar-refractivity contribution is 0.143. The highest BCUT2D eigenvalue weighted by molar-refractivity contribution is 6.07. The molecule has 3 rings (SSSR count). The van der Waals surface area contributed by atoms with E-state index in [0.29, 0.717) is 6.04 Å². The maximum Gasteiger partial charge on any atom is 0.123 e. The van der Waals surface area contributed by atoms with E-state index in [1.807, 2.05) is 26.1 Å². The Balaban J connectivity index is 2.16. The Hall–Kier alpha value is -1.72. The molecule has 1 aromatic carbocycles. The first-order valence-corrected chi connectivity index (χ1v) is 8.06. The molecular formula is C18H23FN2O2. The summed E-state index contributed by atoms with van der Waals surface area (Å²) < 4.78 is 13.3. The van der Waals surface area contributed by atoms with Gasteiger partial charge in [-0.3, -0.25) is 4.90 Å². The van der Waals surface area contributed by atoms with Crippen LogP contribution < -0.4 is 0 Å². The third-order valence-corrected chi connectivity index (χ3v) is 4.99. The van der Waals surface area contributed by atoms with Crippen LogP contribution >= 0.6 is 0 Å². The molecule has 0 aromatic heterocycles.